The van der Waals surface area contributed by atoms with Crippen molar-refractivity contribution in [2.75, 3.05) is 10.8 Å². The summed E-state index contributed by atoms with van der Waals surface area (Å²) in [7, 11) is -4.60. The van der Waals surface area contributed by atoms with E-state index in [1.165, 1.54) is 18.2 Å². The number of hydrogen-bond donors (Lipinski definition) is 1. The molecule has 7 nitrogen and oxygen atoms in total. The molecule has 234 valence electrons. The van der Waals surface area contributed by atoms with E-state index in [1.54, 1.807) is 0 Å². The Morgan fingerprint density at radius 1 is 1.00 bits per heavy atom. The van der Waals surface area contributed by atoms with Gasteiger partial charge in [0.2, 0.25) is 0 Å². The van der Waals surface area contributed by atoms with Crippen molar-refractivity contribution in [1.29, 1.82) is 0 Å². The molecule has 1 N–H and O–H groups in total. The number of benzene rings is 3. The second-order valence-corrected chi connectivity index (χ2v) is 13.4. The van der Waals surface area contributed by atoms with E-state index in [-0.39, 0.29) is 40.4 Å². The van der Waals surface area contributed by atoms with Gasteiger partial charge in [-0.3, -0.25) is 9.10 Å². The van der Waals surface area contributed by atoms with Crippen molar-refractivity contribution in [3.63, 3.8) is 0 Å². The van der Waals surface area contributed by atoms with Crippen LogP contribution >= 0.6 is 0 Å². The van der Waals surface area contributed by atoms with Crippen LogP contribution in [0.1, 0.15) is 31.2 Å². The number of sulfonamides is 1. The van der Waals surface area contributed by atoms with Crippen molar-refractivity contribution in [3.05, 3.63) is 72.0 Å². The average molecular weight is 642 g/mol. The second kappa shape index (κ2) is 10.6. The maximum atomic E-state index is 14.3. The van der Waals surface area contributed by atoms with Gasteiger partial charge in [0, 0.05) is 6.07 Å². The van der Waals surface area contributed by atoms with Gasteiger partial charge in [-0.25, -0.2) is 12.8 Å². The lowest BCUT2D eigenvalue weighted by atomic mass is 9.47. The molecule has 2 fully saturated rings. The van der Waals surface area contributed by atoms with Gasteiger partial charge in [0.25, 0.3) is 10.0 Å². The van der Waals surface area contributed by atoms with Crippen molar-refractivity contribution < 1.29 is 54.1 Å². The Kier molecular flexibility index (Phi) is 7.25. The van der Waals surface area contributed by atoms with E-state index in [1.807, 2.05) is 0 Å². The quantitative estimate of drug-likeness (QED) is 0.281. The van der Waals surface area contributed by atoms with E-state index < -0.39 is 62.8 Å². The number of fused-ring (bicyclic) bond motifs is 1. The Labute approximate surface area is 248 Å². The number of carboxylic acids is 1. The monoisotopic (exact) mass is 641 g/mol. The summed E-state index contributed by atoms with van der Waals surface area (Å²) in [6, 6.07) is 10.5. The Morgan fingerprint density at radius 3 is 2.39 bits per heavy atom. The lowest BCUT2D eigenvalue weighted by Gasteiger charge is -2.58. The van der Waals surface area contributed by atoms with E-state index in [9.17, 15) is 44.7 Å². The number of ether oxygens (including phenoxy) is 2. The van der Waals surface area contributed by atoms with E-state index in [4.69, 9.17) is 4.74 Å². The number of aliphatic carboxylic acids is 1. The standard InChI is InChI=1S/C30H25F6NO6S/c31-21-6-17(7-22(10-21)42-28(32)33)16-4-5-25-24(8-16)37(44(40,41)23-3-1-2-20(9-23)30(34,35)36)15-26(43-25)18-11-29(12-18)13-19(14-29)27(38)39/h1-10,18-19,26,28H,11-15H2,(H,38,39). The van der Waals surface area contributed by atoms with Crippen molar-refractivity contribution >= 4 is 21.7 Å². The third-order valence-electron chi connectivity index (χ3n) is 8.66. The van der Waals surface area contributed by atoms with Crippen LogP contribution in [0.3, 0.4) is 0 Å². The van der Waals surface area contributed by atoms with Gasteiger partial charge in [0.1, 0.15) is 23.4 Å². The second-order valence-electron chi connectivity index (χ2n) is 11.6. The van der Waals surface area contributed by atoms with Crippen LogP contribution in [0.4, 0.5) is 32.0 Å². The van der Waals surface area contributed by atoms with Crippen LogP contribution in [-0.2, 0) is 21.0 Å². The van der Waals surface area contributed by atoms with Gasteiger partial charge in [-0.2, -0.15) is 22.0 Å². The molecule has 0 saturated heterocycles. The fraction of sp³-hybridized carbons (Fsp3) is 0.367. The van der Waals surface area contributed by atoms with Crippen LogP contribution in [-0.4, -0.2) is 38.8 Å². The molecule has 2 saturated carbocycles. The van der Waals surface area contributed by atoms with Crippen LogP contribution in [0.5, 0.6) is 11.5 Å². The Hall–Kier alpha value is -3.94. The van der Waals surface area contributed by atoms with Crippen LogP contribution < -0.4 is 13.8 Å². The molecule has 1 aliphatic heterocycles. The van der Waals surface area contributed by atoms with Gasteiger partial charge in [0.05, 0.1) is 28.6 Å². The molecule has 14 heteroatoms. The van der Waals surface area contributed by atoms with Crippen LogP contribution in [0.25, 0.3) is 11.1 Å². The zero-order valence-electron chi connectivity index (χ0n) is 22.7. The Bertz CT molecular complexity index is 1720. The summed E-state index contributed by atoms with van der Waals surface area (Å²) in [5.41, 5.74) is -1.03. The van der Waals surface area contributed by atoms with Crippen LogP contribution in [0.15, 0.2) is 65.6 Å². The Morgan fingerprint density at radius 2 is 1.73 bits per heavy atom. The molecule has 2 aliphatic carbocycles. The topological polar surface area (TPSA) is 93.1 Å². The van der Waals surface area contributed by atoms with Crippen molar-refractivity contribution in [2.24, 2.45) is 17.3 Å². The summed E-state index contributed by atoms with van der Waals surface area (Å²) in [5.74, 6) is -2.65. The molecule has 1 heterocycles. The van der Waals surface area contributed by atoms with Gasteiger partial charge in [-0.15, -0.1) is 0 Å². The predicted octanol–water partition coefficient (Wildman–Crippen LogP) is 6.96. The molecule has 0 radical (unpaired) electrons. The largest absolute Gasteiger partial charge is 0.486 e. The average Bonchev–Trinajstić information content (AvgIpc) is 2.89. The number of hydrogen-bond acceptors (Lipinski definition) is 5. The van der Waals surface area contributed by atoms with Crippen molar-refractivity contribution in [3.8, 4) is 22.6 Å². The summed E-state index contributed by atoms with van der Waals surface area (Å²) >= 11 is 0. The number of carboxylic acid groups (broad SMARTS) is 1. The number of halogens is 6. The first-order valence-corrected chi connectivity index (χ1v) is 15.1. The third-order valence-corrected chi connectivity index (χ3v) is 10.4. The minimum atomic E-state index is -4.80. The van der Waals surface area contributed by atoms with E-state index in [2.05, 4.69) is 4.74 Å². The van der Waals surface area contributed by atoms with Gasteiger partial charge in [-0.05, 0) is 90.6 Å². The van der Waals surface area contributed by atoms with Crippen molar-refractivity contribution in [1.82, 2.24) is 0 Å². The first kappa shape index (κ1) is 30.1. The van der Waals surface area contributed by atoms with Crippen molar-refractivity contribution in [2.45, 2.75) is 49.5 Å². The summed E-state index contributed by atoms with van der Waals surface area (Å²) in [6.45, 7) is -3.46. The molecule has 3 aliphatic rings. The lowest BCUT2D eigenvalue weighted by Crippen LogP contribution is -2.56. The van der Waals surface area contributed by atoms with Gasteiger partial charge < -0.3 is 14.6 Å². The SMILES string of the molecule is O=C(O)C1CC2(C1)CC(C1CN(S(=O)(=O)c3cccc(C(F)(F)F)c3)c3cc(-c4cc(F)cc(OC(F)F)c4)ccc3O1)C2. The Balaban J connectivity index is 1.37. The highest BCUT2D eigenvalue weighted by molar-refractivity contribution is 7.92. The molecule has 0 aromatic heterocycles. The molecular weight excluding hydrogens is 616 g/mol. The minimum absolute atomic E-state index is 0.0274. The summed E-state index contributed by atoms with van der Waals surface area (Å²) in [4.78, 5) is 10.7. The summed E-state index contributed by atoms with van der Waals surface area (Å²) in [6.07, 6.45) is -3.21. The number of rotatable bonds is 7. The minimum Gasteiger partial charge on any atom is -0.486 e. The lowest BCUT2D eigenvalue weighted by molar-refractivity contribution is -0.161. The van der Waals surface area contributed by atoms with E-state index >= 15 is 0 Å². The van der Waals surface area contributed by atoms with E-state index in [0.29, 0.717) is 31.7 Å². The number of alkyl halides is 5. The predicted molar refractivity (Wildman–Crippen MR) is 144 cm³/mol. The molecule has 1 unspecified atom stereocenters. The number of anilines is 1. The highest BCUT2D eigenvalue weighted by atomic mass is 32.2. The highest BCUT2D eigenvalue weighted by Crippen LogP contribution is 2.62. The third kappa shape index (κ3) is 5.55. The highest BCUT2D eigenvalue weighted by Gasteiger charge is 2.57. The summed E-state index contributed by atoms with van der Waals surface area (Å²) < 4.78 is 120. The zero-order valence-corrected chi connectivity index (χ0v) is 23.5. The summed E-state index contributed by atoms with van der Waals surface area (Å²) in [5, 5.41) is 9.26. The molecule has 1 atom stereocenters. The molecule has 6 rings (SSSR count). The fourth-order valence-electron chi connectivity index (χ4n) is 6.60. The maximum absolute atomic E-state index is 14.3. The smallest absolute Gasteiger partial charge is 0.416 e. The molecule has 1 spiro atoms. The van der Waals surface area contributed by atoms with Gasteiger partial charge >= 0.3 is 18.8 Å². The molecule has 0 amide bonds. The van der Waals surface area contributed by atoms with Gasteiger partial charge in [0.15, 0.2) is 0 Å². The van der Waals surface area contributed by atoms with Gasteiger partial charge in [-0.1, -0.05) is 12.1 Å². The maximum Gasteiger partial charge on any atom is 0.416 e. The molecule has 44 heavy (non-hydrogen) atoms. The molecule has 3 aromatic carbocycles. The first-order chi connectivity index (χ1) is 20.6. The molecular formula is C30H25F6NO6S. The first-order valence-electron chi connectivity index (χ1n) is 13.6. The van der Waals surface area contributed by atoms with Crippen LogP contribution in [0, 0.1) is 23.1 Å². The molecule has 3 aromatic rings. The molecule has 0 bridgehead atoms. The van der Waals surface area contributed by atoms with E-state index in [0.717, 1.165) is 40.7 Å². The zero-order chi connectivity index (χ0) is 31.6. The van der Waals surface area contributed by atoms with Crippen LogP contribution in [0.2, 0.25) is 0 Å². The fourth-order valence-corrected chi connectivity index (χ4v) is 8.12. The number of carbonyl (C=O) groups is 1. The normalized spacial score (nSPS) is 24.7. The number of nitrogens with zero attached hydrogens (tertiary/aromatic N) is 1.